The molecule has 0 bridgehead atoms. The van der Waals surface area contributed by atoms with Gasteiger partial charge in [0.15, 0.2) is 0 Å². The van der Waals surface area contributed by atoms with Gasteiger partial charge in [-0.1, -0.05) is 5.57 Å². The average molecular weight is 175 g/mol. The van der Waals surface area contributed by atoms with E-state index in [9.17, 15) is 4.79 Å². The van der Waals surface area contributed by atoms with Crippen LogP contribution in [0.1, 0.15) is 13.8 Å². The second-order valence-corrected chi connectivity index (χ2v) is 3.38. The molecule has 0 fully saturated rings. The van der Waals surface area contributed by atoms with Crippen molar-refractivity contribution in [3.8, 4) is 0 Å². The number of carbonyl (C=O) groups is 1. The molecule has 3 N–H and O–H groups in total. The van der Waals surface area contributed by atoms with Crippen LogP contribution in [-0.2, 0) is 4.79 Å². The molecule has 0 aromatic carbocycles. The molecule has 0 rings (SSSR count). The molecule has 0 aliphatic rings. The normalized spacial score (nSPS) is 12.3. The number of aliphatic carboxylic acids is 1. The van der Waals surface area contributed by atoms with Gasteiger partial charge in [-0.2, -0.15) is 0 Å². The van der Waals surface area contributed by atoms with Crippen LogP contribution in [-0.4, -0.2) is 22.9 Å². The first-order chi connectivity index (χ1) is 5.04. The Balaban J connectivity index is 3.55. The van der Waals surface area contributed by atoms with Crippen LogP contribution >= 0.6 is 11.8 Å². The van der Waals surface area contributed by atoms with E-state index in [0.29, 0.717) is 5.75 Å². The summed E-state index contributed by atoms with van der Waals surface area (Å²) in [5, 5.41) is 10.3. The van der Waals surface area contributed by atoms with Crippen molar-refractivity contribution in [3.05, 3.63) is 11.0 Å². The Morgan fingerprint density at radius 3 is 2.64 bits per heavy atom. The zero-order valence-electron chi connectivity index (χ0n) is 6.70. The molecule has 0 heterocycles. The fraction of sp³-hybridized carbons (Fsp3) is 0.571. The summed E-state index contributed by atoms with van der Waals surface area (Å²) in [5.74, 6) is -0.514. The molecule has 0 aliphatic heterocycles. The number of hydrogen-bond acceptors (Lipinski definition) is 3. The van der Waals surface area contributed by atoms with Crippen LogP contribution in [0, 0.1) is 0 Å². The van der Waals surface area contributed by atoms with E-state index < -0.39 is 12.0 Å². The minimum atomic E-state index is -0.945. The van der Waals surface area contributed by atoms with E-state index in [2.05, 4.69) is 0 Å². The van der Waals surface area contributed by atoms with Crippen LogP contribution in [0.15, 0.2) is 11.0 Å². The molecule has 11 heavy (non-hydrogen) atoms. The largest absolute Gasteiger partial charge is 0.480 e. The first-order valence-electron chi connectivity index (χ1n) is 3.27. The molecule has 0 aromatic rings. The Kier molecular flexibility index (Phi) is 4.98. The van der Waals surface area contributed by atoms with E-state index in [0.717, 1.165) is 5.57 Å². The summed E-state index contributed by atoms with van der Waals surface area (Å²) >= 11 is 1.43. The maximum atomic E-state index is 10.2. The number of carboxylic acid groups (broad SMARTS) is 1. The summed E-state index contributed by atoms with van der Waals surface area (Å²) in [6, 6.07) is -0.754. The van der Waals surface area contributed by atoms with Gasteiger partial charge in [0.05, 0.1) is 0 Å². The van der Waals surface area contributed by atoms with E-state index in [4.69, 9.17) is 10.8 Å². The minimum absolute atomic E-state index is 0.431. The Bertz CT molecular complexity index is 164. The fourth-order valence-electron chi connectivity index (χ4n) is 0.390. The van der Waals surface area contributed by atoms with Gasteiger partial charge in [0.2, 0.25) is 0 Å². The number of thioether (sulfide) groups is 1. The number of nitrogens with two attached hydrogens (primary N) is 1. The van der Waals surface area contributed by atoms with Gasteiger partial charge < -0.3 is 10.8 Å². The van der Waals surface area contributed by atoms with Gasteiger partial charge in [0.25, 0.3) is 0 Å². The van der Waals surface area contributed by atoms with Gasteiger partial charge in [0, 0.05) is 5.75 Å². The van der Waals surface area contributed by atoms with Crippen LogP contribution in [0.25, 0.3) is 0 Å². The zero-order valence-corrected chi connectivity index (χ0v) is 7.52. The van der Waals surface area contributed by atoms with Crippen LogP contribution in [0.5, 0.6) is 0 Å². The molecular formula is C7H13NO2S. The van der Waals surface area contributed by atoms with Crippen LogP contribution < -0.4 is 5.73 Å². The number of hydrogen-bond donors (Lipinski definition) is 2. The molecule has 1 atom stereocenters. The Labute approximate surface area is 70.7 Å². The van der Waals surface area contributed by atoms with Gasteiger partial charge in [-0.05, 0) is 19.3 Å². The minimum Gasteiger partial charge on any atom is -0.480 e. The van der Waals surface area contributed by atoms with Gasteiger partial charge in [-0.15, -0.1) is 11.8 Å². The van der Waals surface area contributed by atoms with Gasteiger partial charge in [-0.25, -0.2) is 0 Å². The monoisotopic (exact) mass is 175 g/mol. The molecule has 0 spiro atoms. The fourth-order valence-corrected chi connectivity index (χ4v) is 1.17. The third-order valence-electron chi connectivity index (χ3n) is 0.912. The summed E-state index contributed by atoms with van der Waals surface area (Å²) in [5.41, 5.74) is 6.41. The van der Waals surface area contributed by atoms with Crippen LogP contribution in [0.4, 0.5) is 0 Å². The van der Waals surface area contributed by atoms with Crippen molar-refractivity contribution in [1.29, 1.82) is 0 Å². The van der Waals surface area contributed by atoms with E-state index >= 15 is 0 Å². The van der Waals surface area contributed by atoms with Crippen molar-refractivity contribution in [2.24, 2.45) is 5.73 Å². The highest BCUT2D eigenvalue weighted by atomic mass is 32.2. The van der Waals surface area contributed by atoms with Crippen molar-refractivity contribution in [3.63, 3.8) is 0 Å². The molecular weight excluding hydrogens is 162 g/mol. The lowest BCUT2D eigenvalue weighted by atomic mass is 10.4. The Morgan fingerprint density at radius 2 is 2.27 bits per heavy atom. The summed E-state index contributed by atoms with van der Waals surface area (Å²) in [7, 11) is 0. The summed E-state index contributed by atoms with van der Waals surface area (Å²) in [6.07, 6.45) is 0. The van der Waals surface area contributed by atoms with Crippen molar-refractivity contribution in [2.75, 3.05) is 5.75 Å². The highest BCUT2D eigenvalue weighted by Gasteiger charge is 2.09. The average Bonchev–Trinajstić information content (AvgIpc) is 1.86. The summed E-state index contributed by atoms with van der Waals surface area (Å²) < 4.78 is 0. The molecule has 64 valence electrons. The van der Waals surface area contributed by atoms with Crippen LogP contribution in [0.2, 0.25) is 0 Å². The van der Waals surface area contributed by atoms with Gasteiger partial charge in [0.1, 0.15) is 6.04 Å². The van der Waals surface area contributed by atoms with Gasteiger partial charge >= 0.3 is 5.97 Å². The molecule has 0 saturated heterocycles. The highest BCUT2D eigenvalue weighted by molar-refractivity contribution is 8.02. The lowest BCUT2D eigenvalue weighted by Gasteiger charge is -2.02. The smallest absolute Gasteiger partial charge is 0.321 e. The van der Waals surface area contributed by atoms with Gasteiger partial charge in [-0.3, -0.25) is 4.79 Å². The third kappa shape index (κ3) is 5.94. The first-order valence-corrected chi connectivity index (χ1v) is 4.32. The highest BCUT2D eigenvalue weighted by Crippen LogP contribution is 2.07. The summed E-state index contributed by atoms with van der Waals surface area (Å²) in [4.78, 5) is 10.2. The van der Waals surface area contributed by atoms with Crippen molar-refractivity contribution in [2.45, 2.75) is 19.9 Å². The standard InChI is InChI=1S/C7H13NO2S/c1-5(2)3-11-4-6(8)7(9)10/h3,6H,4,8H2,1-2H3,(H,9,10)/t6-/m0/s1. The topological polar surface area (TPSA) is 63.3 Å². The SMILES string of the molecule is CC(C)=CSC[C@H](N)C(=O)O. The lowest BCUT2D eigenvalue weighted by molar-refractivity contribution is -0.137. The van der Waals surface area contributed by atoms with Crippen molar-refractivity contribution in [1.82, 2.24) is 0 Å². The first kappa shape index (κ1) is 10.5. The van der Waals surface area contributed by atoms with E-state index in [-0.39, 0.29) is 0 Å². The Hall–Kier alpha value is -0.480. The quantitative estimate of drug-likeness (QED) is 0.670. The predicted molar refractivity (Wildman–Crippen MR) is 47.5 cm³/mol. The maximum absolute atomic E-state index is 10.2. The molecule has 4 heteroatoms. The molecule has 0 aromatic heterocycles. The lowest BCUT2D eigenvalue weighted by Crippen LogP contribution is -2.32. The molecule has 0 saturated carbocycles. The second kappa shape index (κ2) is 5.21. The van der Waals surface area contributed by atoms with E-state index in [1.807, 2.05) is 19.3 Å². The van der Waals surface area contributed by atoms with E-state index in [1.54, 1.807) is 0 Å². The molecule has 0 amide bonds. The predicted octanol–water partition coefficient (Wildman–Crippen LogP) is 1.06. The third-order valence-corrected chi connectivity index (χ3v) is 2.10. The van der Waals surface area contributed by atoms with Crippen molar-refractivity contribution < 1.29 is 9.90 Å². The summed E-state index contributed by atoms with van der Waals surface area (Å²) in [6.45, 7) is 3.92. The molecule has 0 radical (unpaired) electrons. The molecule has 3 nitrogen and oxygen atoms in total. The second-order valence-electron chi connectivity index (χ2n) is 2.47. The Morgan fingerprint density at radius 1 is 1.73 bits per heavy atom. The molecule has 0 unspecified atom stereocenters. The number of rotatable bonds is 4. The number of carboxylic acids is 1. The maximum Gasteiger partial charge on any atom is 0.321 e. The van der Waals surface area contributed by atoms with E-state index in [1.165, 1.54) is 11.8 Å². The zero-order chi connectivity index (χ0) is 8.85. The van der Waals surface area contributed by atoms with Crippen LogP contribution in [0.3, 0.4) is 0 Å². The van der Waals surface area contributed by atoms with Crippen molar-refractivity contribution >= 4 is 17.7 Å². The number of allylic oxidation sites excluding steroid dienone is 1. The molecule has 0 aliphatic carbocycles.